The Morgan fingerprint density at radius 2 is 2.15 bits per heavy atom. The van der Waals surface area contributed by atoms with Gasteiger partial charge in [0.15, 0.2) is 4.96 Å². The summed E-state index contributed by atoms with van der Waals surface area (Å²) in [6.45, 7) is 8.24. The summed E-state index contributed by atoms with van der Waals surface area (Å²) < 4.78 is 2.22. The number of imidazole rings is 1. The van der Waals surface area contributed by atoms with E-state index in [-0.39, 0.29) is 0 Å². The zero-order valence-corrected chi connectivity index (χ0v) is 13.7. The van der Waals surface area contributed by atoms with Crippen LogP contribution in [0.2, 0.25) is 0 Å². The predicted molar refractivity (Wildman–Crippen MR) is 86.8 cm³/mol. The van der Waals surface area contributed by atoms with E-state index in [0.717, 1.165) is 30.2 Å². The molecule has 0 bridgehead atoms. The second kappa shape index (κ2) is 5.68. The summed E-state index contributed by atoms with van der Waals surface area (Å²) in [6, 6.07) is 2.23. The molecule has 0 unspecified atom stereocenters. The highest BCUT2D eigenvalue weighted by atomic mass is 32.1. The largest absolute Gasteiger partial charge is 0.306 e. The van der Waals surface area contributed by atoms with Gasteiger partial charge in [-0.25, -0.2) is 4.98 Å². The fourth-order valence-electron chi connectivity index (χ4n) is 2.45. The number of thiazole rings is 1. The monoisotopic (exact) mass is 305 g/mol. The molecule has 3 aromatic rings. The molecule has 0 radical (unpaired) electrons. The summed E-state index contributed by atoms with van der Waals surface area (Å²) in [5.41, 5.74) is 3.87. The van der Waals surface area contributed by atoms with E-state index in [2.05, 4.69) is 53.1 Å². The van der Waals surface area contributed by atoms with Gasteiger partial charge in [-0.1, -0.05) is 6.92 Å². The first-order chi connectivity index (χ1) is 9.69. The highest BCUT2D eigenvalue weighted by Crippen LogP contribution is 2.21. The van der Waals surface area contributed by atoms with E-state index in [9.17, 15) is 0 Å². The van der Waals surface area contributed by atoms with E-state index in [0.29, 0.717) is 0 Å². The van der Waals surface area contributed by atoms with Crippen molar-refractivity contribution >= 4 is 27.6 Å². The average Bonchev–Trinajstić information content (AvgIpc) is 3.06. The zero-order valence-electron chi connectivity index (χ0n) is 12.1. The Morgan fingerprint density at radius 1 is 1.30 bits per heavy atom. The highest BCUT2D eigenvalue weighted by Gasteiger charge is 2.11. The Kier molecular flexibility index (Phi) is 3.92. The van der Waals surface area contributed by atoms with Gasteiger partial charge in [0.25, 0.3) is 0 Å². The van der Waals surface area contributed by atoms with Crippen LogP contribution >= 0.6 is 22.7 Å². The van der Waals surface area contributed by atoms with Gasteiger partial charge in [-0.05, 0) is 37.3 Å². The second-order valence-electron chi connectivity index (χ2n) is 4.96. The van der Waals surface area contributed by atoms with Crippen molar-refractivity contribution in [1.29, 1.82) is 0 Å². The first-order valence-electron chi connectivity index (χ1n) is 6.89. The van der Waals surface area contributed by atoms with Gasteiger partial charge in [0.2, 0.25) is 0 Å². The van der Waals surface area contributed by atoms with Crippen molar-refractivity contribution in [2.45, 2.75) is 40.3 Å². The van der Waals surface area contributed by atoms with Crippen LogP contribution in [-0.2, 0) is 19.5 Å². The number of rotatable bonds is 5. The number of hydrogen-bond acceptors (Lipinski definition) is 4. The van der Waals surface area contributed by atoms with Crippen molar-refractivity contribution in [2.75, 3.05) is 0 Å². The molecule has 0 aliphatic carbocycles. The smallest absolute Gasteiger partial charge is 0.194 e. The van der Waals surface area contributed by atoms with E-state index in [1.54, 1.807) is 11.3 Å². The van der Waals surface area contributed by atoms with Crippen LogP contribution in [0.15, 0.2) is 17.6 Å². The van der Waals surface area contributed by atoms with Crippen molar-refractivity contribution in [1.82, 2.24) is 14.7 Å². The van der Waals surface area contributed by atoms with Gasteiger partial charge in [-0.3, -0.25) is 4.40 Å². The molecule has 0 aromatic carbocycles. The topological polar surface area (TPSA) is 29.3 Å². The molecule has 0 spiro atoms. The number of thiophene rings is 1. The van der Waals surface area contributed by atoms with E-state index in [1.165, 1.54) is 21.0 Å². The van der Waals surface area contributed by atoms with Gasteiger partial charge in [-0.15, -0.1) is 22.7 Å². The normalized spacial score (nSPS) is 11.6. The van der Waals surface area contributed by atoms with Crippen LogP contribution in [0.25, 0.3) is 4.96 Å². The van der Waals surface area contributed by atoms with E-state index in [1.807, 2.05) is 11.3 Å². The molecule has 0 fully saturated rings. The quantitative estimate of drug-likeness (QED) is 0.774. The highest BCUT2D eigenvalue weighted by molar-refractivity contribution is 7.17. The lowest BCUT2D eigenvalue weighted by Gasteiger charge is -2.05. The van der Waals surface area contributed by atoms with Crippen molar-refractivity contribution in [3.8, 4) is 0 Å². The maximum Gasteiger partial charge on any atom is 0.194 e. The molecule has 0 amide bonds. The summed E-state index contributed by atoms with van der Waals surface area (Å²) in [5.74, 6) is 0. The molecule has 0 saturated heterocycles. The number of nitrogens with one attached hydrogen (secondary N) is 1. The molecule has 3 rings (SSSR count). The number of fused-ring (bicyclic) bond motifs is 1. The predicted octanol–water partition coefficient (Wildman–Crippen LogP) is 3.93. The molecule has 3 nitrogen and oxygen atoms in total. The number of aryl methyl sites for hydroxylation is 3. The maximum absolute atomic E-state index is 4.63. The van der Waals surface area contributed by atoms with Crippen LogP contribution in [-0.4, -0.2) is 9.38 Å². The zero-order chi connectivity index (χ0) is 14.1. The Balaban J connectivity index is 1.72. The summed E-state index contributed by atoms with van der Waals surface area (Å²) in [5, 5.41) is 5.74. The molecule has 5 heteroatoms. The minimum atomic E-state index is 0.865. The third-order valence-corrected chi connectivity index (χ3v) is 5.40. The fourth-order valence-corrected chi connectivity index (χ4v) is 4.29. The van der Waals surface area contributed by atoms with E-state index < -0.39 is 0 Å². The minimum Gasteiger partial charge on any atom is -0.306 e. The molecule has 3 aromatic heterocycles. The molecule has 1 N–H and O–H groups in total. The summed E-state index contributed by atoms with van der Waals surface area (Å²) >= 11 is 3.59. The molecule has 20 heavy (non-hydrogen) atoms. The minimum absolute atomic E-state index is 0.865. The summed E-state index contributed by atoms with van der Waals surface area (Å²) in [4.78, 5) is 8.48. The molecule has 0 atom stereocenters. The third-order valence-electron chi connectivity index (χ3n) is 3.54. The standard InChI is InChI=1S/C15H19N3S2/c1-4-12-5-6-19-14(12)8-16-7-13-11(3)17-15-18(13)9-10(2)20-15/h5-6,9,16H,4,7-8H2,1-3H3. The number of hydrogen-bond donors (Lipinski definition) is 1. The average molecular weight is 305 g/mol. The Hall–Kier alpha value is -1.17. The van der Waals surface area contributed by atoms with Crippen LogP contribution in [0.4, 0.5) is 0 Å². The van der Waals surface area contributed by atoms with Gasteiger partial charge in [0, 0.05) is 29.0 Å². The molecule has 0 aliphatic rings. The van der Waals surface area contributed by atoms with Gasteiger partial charge in [0.1, 0.15) is 0 Å². The fraction of sp³-hybridized carbons (Fsp3) is 0.400. The Morgan fingerprint density at radius 3 is 2.95 bits per heavy atom. The van der Waals surface area contributed by atoms with Crippen molar-refractivity contribution < 1.29 is 0 Å². The van der Waals surface area contributed by atoms with Gasteiger partial charge >= 0.3 is 0 Å². The Labute approximate surface area is 127 Å². The van der Waals surface area contributed by atoms with Crippen LogP contribution in [0.1, 0.15) is 33.6 Å². The summed E-state index contributed by atoms with van der Waals surface area (Å²) in [7, 11) is 0. The lowest BCUT2D eigenvalue weighted by atomic mass is 10.2. The van der Waals surface area contributed by atoms with Gasteiger partial charge in [0.05, 0.1) is 11.4 Å². The van der Waals surface area contributed by atoms with Gasteiger partial charge < -0.3 is 5.32 Å². The van der Waals surface area contributed by atoms with Gasteiger partial charge in [-0.2, -0.15) is 0 Å². The van der Waals surface area contributed by atoms with Crippen molar-refractivity contribution in [3.05, 3.63) is 44.3 Å². The van der Waals surface area contributed by atoms with Crippen LogP contribution < -0.4 is 5.32 Å². The maximum atomic E-state index is 4.63. The third kappa shape index (κ3) is 2.53. The first-order valence-corrected chi connectivity index (χ1v) is 8.58. The molecule has 3 heterocycles. The van der Waals surface area contributed by atoms with Crippen LogP contribution in [0, 0.1) is 13.8 Å². The molecular weight excluding hydrogens is 286 g/mol. The summed E-state index contributed by atoms with van der Waals surface area (Å²) in [6.07, 6.45) is 3.29. The van der Waals surface area contributed by atoms with E-state index in [4.69, 9.17) is 0 Å². The van der Waals surface area contributed by atoms with Crippen molar-refractivity contribution in [2.24, 2.45) is 0 Å². The molecule has 0 saturated carbocycles. The number of nitrogens with zero attached hydrogens (tertiary/aromatic N) is 2. The van der Waals surface area contributed by atoms with Crippen LogP contribution in [0.5, 0.6) is 0 Å². The molecule has 0 aliphatic heterocycles. The number of aromatic nitrogens is 2. The Bertz CT molecular complexity index is 721. The SMILES string of the molecule is CCc1ccsc1CNCc1c(C)nc2sc(C)cn12. The molecular formula is C15H19N3S2. The van der Waals surface area contributed by atoms with E-state index >= 15 is 0 Å². The first kappa shape index (κ1) is 13.8. The lowest BCUT2D eigenvalue weighted by molar-refractivity contribution is 0.675. The molecule has 106 valence electrons. The van der Waals surface area contributed by atoms with Crippen LogP contribution in [0.3, 0.4) is 0 Å². The van der Waals surface area contributed by atoms with Crippen molar-refractivity contribution in [3.63, 3.8) is 0 Å². The second-order valence-corrected chi connectivity index (χ2v) is 7.18. The lowest BCUT2D eigenvalue weighted by Crippen LogP contribution is -2.14.